The van der Waals surface area contributed by atoms with Gasteiger partial charge in [0.05, 0.1) is 5.56 Å². The van der Waals surface area contributed by atoms with Crippen LogP contribution in [-0.2, 0) is 10.0 Å². The predicted molar refractivity (Wildman–Crippen MR) is 45.8 cm³/mol. The lowest BCUT2D eigenvalue weighted by Gasteiger charge is -1.95. The SMILES string of the molecule is Cc1ccc2c(c1)S(=O)(=O)NC2=O. The summed E-state index contributed by atoms with van der Waals surface area (Å²) >= 11 is 0. The molecule has 13 heavy (non-hydrogen) atoms. The minimum atomic E-state index is -3.58. The van der Waals surface area contributed by atoms with Gasteiger partial charge in [0.25, 0.3) is 15.9 Å². The second-order valence-corrected chi connectivity index (χ2v) is 4.59. The first-order valence-electron chi connectivity index (χ1n) is 3.68. The van der Waals surface area contributed by atoms with Crippen LogP contribution in [0.3, 0.4) is 0 Å². The molecule has 1 aromatic rings. The van der Waals surface area contributed by atoms with Gasteiger partial charge in [-0.3, -0.25) is 4.79 Å². The summed E-state index contributed by atoms with van der Waals surface area (Å²) in [6.45, 7) is 1.78. The van der Waals surface area contributed by atoms with Crippen LogP contribution in [0, 0.1) is 6.92 Å². The van der Waals surface area contributed by atoms with Gasteiger partial charge < -0.3 is 0 Å². The Labute approximate surface area is 75.6 Å². The number of hydrogen-bond acceptors (Lipinski definition) is 3. The summed E-state index contributed by atoms with van der Waals surface area (Å²) in [5.41, 5.74) is 1.05. The first kappa shape index (κ1) is 8.25. The maximum atomic E-state index is 11.3. The molecule has 1 N–H and O–H groups in total. The lowest BCUT2D eigenvalue weighted by atomic mass is 10.1. The number of hydrogen-bond donors (Lipinski definition) is 1. The molecule has 2 rings (SSSR count). The minimum absolute atomic E-state index is 0.0810. The number of nitrogens with one attached hydrogen (secondary N) is 1. The molecule has 0 saturated carbocycles. The highest BCUT2D eigenvalue weighted by Gasteiger charge is 2.31. The third-order valence-electron chi connectivity index (χ3n) is 1.90. The Morgan fingerprint density at radius 1 is 1.31 bits per heavy atom. The third-order valence-corrected chi connectivity index (χ3v) is 3.27. The number of rotatable bonds is 0. The van der Waals surface area contributed by atoms with Gasteiger partial charge in [-0.1, -0.05) is 6.07 Å². The lowest BCUT2D eigenvalue weighted by Crippen LogP contribution is -2.20. The quantitative estimate of drug-likeness (QED) is 0.655. The molecule has 0 fully saturated rings. The number of carbonyl (C=O) groups excluding carboxylic acids is 1. The molecule has 1 amide bonds. The van der Waals surface area contributed by atoms with Crippen molar-refractivity contribution in [3.05, 3.63) is 29.3 Å². The van der Waals surface area contributed by atoms with E-state index in [1.807, 2.05) is 4.72 Å². The zero-order valence-electron chi connectivity index (χ0n) is 6.87. The molecule has 0 aromatic heterocycles. The van der Waals surface area contributed by atoms with E-state index in [4.69, 9.17) is 0 Å². The fourth-order valence-electron chi connectivity index (χ4n) is 1.27. The summed E-state index contributed by atoms with van der Waals surface area (Å²) in [5, 5.41) is 0. The average molecular weight is 197 g/mol. The largest absolute Gasteiger partial charge is 0.268 e. The van der Waals surface area contributed by atoms with Gasteiger partial charge in [0.15, 0.2) is 0 Å². The molecule has 0 aliphatic carbocycles. The van der Waals surface area contributed by atoms with E-state index in [9.17, 15) is 13.2 Å². The van der Waals surface area contributed by atoms with Crippen molar-refractivity contribution in [2.24, 2.45) is 0 Å². The second kappa shape index (κ2) is 2.32. The summed E-state index contributed by atoms with van der Waals surface area (Å²) < 4.78 is 24.5. The monoisotopic (exact) mass is 197 g/mol. The molecule has 5 heteroatoms. The summed E-state index contributed by atoms with van der Waals surface area (Å²) in [7, 11) is -3.58. The molecule has 4 nitrogen and oxygen atoms in total. The van der Waals surface area contributed by atoms with Gasteiger partial charge in [-0.05, 0) is 24.6 Å². The van der Waals surface area contributed by atoms with Crippen LogP contribution in [0.4, 0.5) is 0 Å². The Hall–Kier alpha value is -1.36. The molecule has 0 atom stereocenters. The summed E-state index contributed by atoms with van der Waals surface area (Å²) in [4.78, 5) is 11.2. The van der Waals surface area contributed by atoms with Gasteiger partial charge >= 0.3 is 0 Å². The number of aryl methyl sites for hydroxylation is 1. The van der Waals surface area contributed by atoms with E-state index in [0.717, 1.165) is 5.56 Å². The molecule has 1 heterocycles. The fraction of sp³-hybridized carbons (Fsp3) is 0.125. The molecule has 0 bridgehead atoms. The standard InChI is InChI=1S/C8H7NO3S/c1-5-2-3-6-7(4-5)13(11,12)9-8(6)10/h2-4H,1H3,(H,9,10). The smallest absolute Gasteiger partial charge is 0.266 e. The van der Waals surface area contributed by atoms with Crippen LogP contribution in [0.15, 0.2) is 23.1 Å². The number of sulfonamides is 1. The highest BCUT2D eigenvalue weighted by Crippen LogP contribution is 2.22. The van der Waals surface area contributed by atoms with Crippen LogP contribution >= 0.6 is 0 Å². The molecule has 0 saturated heterocycles. The molecular weight excluding hydrogens is 190 g/mol. The van der Waals surface area contributed by atoms with Crippen LogP contribution in [0.5, 0.6) is 0 Å². The van der Waals surface area contributed by atoms with Crippen molar-refractivity contribution >= 4 is 15.9 Å². The van der Waals surface area contributed by atoms with Gasteiger partial charge in [0, 0.05) is 0 Å². The fourth-order valence-corrected chi connectivity index (χ4v) is 2.53. The Kier molecular flexibility index (Phi) is 1.47. The number of benzene rings is 1. The van der Waals surface area contributed by atoms with Crippen molar-refractivity contribution in [3.63, 3.8) is 0 Å². The third kappa shape index (κ3) is 1.12. The van der Waals surface area contributed by atoms with Crippen LogP contribution in [0.1, 0.15) is 15.9 Å². The van der Waals surface area contributed by atoms with Crippen molar-refractivity contribution in [3.8, 4) is 0 Å². The molecule has 0 radical (unpaired) electrons. The Balaban J connectivity index is 2.81. The van der Waals surface area contributed by atoms with Gasteiger partial charge in [-0.2, -0.15) is 0 Å². The maximum absolute atomic E-state index is 11.3. The van der Waals surface area contributed by atoms with Crippen molar-refractivity contribution in [1.82, 2.24) is 4.72 Å². The predicted octanol–water partition coefficient (Wildman–Crippen LogP) is 0.427. The Morgan fingerprint density at radius 2 is 2.00 bits per heavy atom. The van der Waals surface area contributed by atoms with Crippen LogP contribution in [0.2, 0.25) is 0 Å². The van der Waals surface area contributed by atoms with E-state index in [-0.39, 0.29) is 10.5 Å². The van der Waals surface area contributed by atoms with Gasteiger partial charge in [-0.25, -0.2) is 13.1 Å². The normalized spacial score (nSPS) is 18.1. The van der Waals surface area contributed by atoms with E-state index in [2.05, 4.69) is 0 Å². The zero-order chi connectivity index (χ0) is 9.64. The number of carbonyl (C=O) groups is 1. The molecule has 1 aliphatic heterocycles. The summed E-state index contributed by atoms with van der Waals surface area (Å²) in [6, 6.07) is 4.71. The van der Waals surface area contributed by atoms with Crippen LogP contribution in [0.25, 0.3) is 0 Å². The van der Waals surface area contributed by atoms with Gasteiger partial charge in [0.1, 0.15) is 4.90 Å². The van der Waals surface area contributed by atoms with Crippen LogP contribution in [-0.4, -0.2) is 14.3 Å². The Morgan fingerprint density at radius 3 is 2.69 bits per heavy atom. The van der Waals surface area contributed by atoms with E-state index in [0.29, 0.717) is 0 Å². The van der Waals surface area contributed by atoms with Crippen molar-refractivity contribution in [1.29, 1.82) is 0 Å². The molecule has 0 spiro atoms. The zero-order valence-corrected chi connectivity index (χ0v) is 7.68. The molecule has 0 unspecified atom stereocenters. The highest BCUT2D eigenvalue weighted by atomic mass is 32.2. The number of amides is 1. The number of fused-ring (bicyclic) bond motifs is 1. The molecule has 1 aliphatic rings. The molecule has 1 aromatic carbocycles. The first-order valence-corrected chi connectivity index (χ1v) is 5.17. The van der Waals surface area contributed by atoms with Crippen molar-refractivity contribution < 1.29 is 13.2 Å². The molecule has 68 valence electrons. The average Bonchev–Trinajstić information content (AvgIpc) is 2.23. The topological polar surface area (TPSA) is 63.2 Å². The minimum Gasteiger partial charge on any atom is -0.268 e. The highest BCUT2D eigenvalue weighted by molar-refractivity contribution is 7.90. The molecular formula is C8H7NO3S. The summed E-state index contributed by atoms with van der Waals surface area (Å²) in [5.74, 6) is -0.546. The van der Waals surface area contributed by atoms with E-state index >= 15 is 0 Å². The van der Waals surface area contributed by atoms with E-state index in [1.54, 1.807) is 13.0 Å². The van der Waals surface area contributed by atoms with Crippen molar-refractivity contribution in [2.75, 3.05) is 0 Å². The maximum Gasteiger partial charge on any atom is 0.266 e. The second-order valence-electron chi connectivity index (χ2n) is 2.93. The van der Waals surface area contributed by atoms with Crippen LogP contribution < -0.4 is 4.72 Å². The van der Waals surface area contributed by atoms with E-state index < -0.39 is 15.9 Å². The first-order chi connectivity index (χ1) is 6.00. The van der Waals surface area contributed by atoms with Gasteiger partial charge in [-0.15, -0.1) is 0 Å². The lowest BCUT2D eigenvalue weighted by molar-refractivity contribution is 0.0985. The van der Waals surface area contributed by atoms with Gasteiger partial charge in [0.2, 0.25) is 0 Å². The Bertz CT molecular complexity index is 490. The summed E-state index contributed by atoms with van der Waals surface area (Å²) in [6.07, 6.45) is 0. The van der Waals surface area contributed by atoms with E-state index in [1.165, 1.54) is 12.1 Å². The van der Waals surface area contributed by atoms with Crippen molar-refractivity contribution in [2.45, 2.75) is 11.8 Å².